The van der Waals surface area contributed by atoms with Crippen molar-refractivity contribution in [1.29, 1.82) is 0 Å². The Balaban J connectivity index is 1.61. The Hall–Kier alpha value is -0.910. The number of piperidine rings is 1. The summed E-state index contributed by atoms with van der Waals surface area (Å²) in [6, 6.07) is 8.14. The van der Waals surface area contributed by atoms with Crippen LogP contribution in [0.1, 0.15) is 45.6 Å². The van der Waals surface area contributed by atoms with Gasteiger partial charge in [0.05, 0.1) is 12.0 Å². The smallest absolute Gasteiger partial charge is 0.330 e. The van der Waals surface area contributed by atoms with Crippen LogP contribution in [0.4, 0.5) is 0 Å². The molecule has 0 amide bonds. The van der Waals surface area contributed by atoms with Gasteiger partial charge in [-0.25, -0.2) is 4.79 Å². The molecule has 0 N–H and O–H groups in total. The molecule has 1 saturated heterocycles. The number of carbonyl (C=O) groups is 1. The van der Waals surface area contributed by atoms with Gasteiger partial charge in [-0.1, -0.05) is 34.1 Å². The highest BCUT2D eigenvalue weighted by atomic mass is 79.9. The van der Waals surface area contributed by atoms with E-state index >= 15 is 0 Å². The average Bonchev–Trinajstić information content (AvgIpc) is 2.53. The highest BCUT2D eigenvalue weighted by Gasteiger charge is 2.28. The first-order valence-corrected chi connectivity index (χ1v) is 9.44. The van der Waals surface area contributed by atoms with Crippen molar-refractivity contribution >= 4 is 21.9 Å². The molecule has 5 heteroatoms. The van der Waals surface area contributed by atoms with E-state index in [1.165, 1.54) is 5.56 Å². The van der Waals surface area contributed by atoms with Crippen LogP contribution in [0.2, 0.25) is 0 Å². The maximum atomic E-state index is 11.9. The lowest BCUT2D eigenvalue weighted by Gasteiger charge is -2.32. The summed E-state index contributed by atoms with van der Waals surface area (Å²) in [4.78, 5) is 17.4. The molecule has 1 aromatic carbocycles. The van der Waals surface area contributed by atoms with Gasteiger partial charge in [0.25, 0.3) is 0 Å². The summed E-state index contributed by atoms with van der Waals surface area (Å²) in [6.07, 6.45) is 3.16. The summed E-state index contributed by atoms with van der Waals surface area (Å²) in [7, 11) is 0. The third kappa shape index (κ3) is 6.19. The first-order valence-electron chi connectivity index (χ1n) is 8.65. The maximum Gasteiger partial charge on any atom is 0.330 e. The largest absolute Gasteiger partial charge is 0.377 e. The van der Waals surface area contributed by atoms with Crippen molar-refractivity contribution < 1.29 is 14.4 Å². The van der Waals surface area contributed by atoms with E-state index in [-0.39, 0.29) is 5.97 Å². The summed E-state index contributed by atoms with van der Waals surface area (Å²) >= 11 is 3.54. The zero-order valence-corrected chi connectivity index (χ0v) is 16.5. The fourth-order valence-corrected chi connectivity index (χ4v) is 2.99. The van der Waals surface area contributed by atoms with Gasteiger partial charge in [-0.2, -0.15) is 0 Å². The minimum atomic E-state index is -0.448. The Labute approximate surface area is 153 Å². The van der Waals surface area contributed by atoms with Crippen LogP contribution in [0, 0.1) is 11.3 Å². The second-order valence-electron chi connectivity index (χ2n) is 7.43. The zero-order valence-electron chi connectivity index (χ0n) is 14.9. The van der Waals surface area contributed by atoms with Crippen molar-refractivity contribution in [3.8, 4) is 0 Å². The monoisotopic (exact) mass is 397 g/mol. The average molecular weight is 398 g/mol. The van der Waals surface area contributed by atoms with Crippen molar-refractivity contribution in [2.75, 3.05) is 19.7 Å². The summed E-state index contributed by atoms with van der Waals surface area (Å²) in [5.41, 5.74) is 0.734. The number of nitrogens with zero attached hydrogens (tertiary/aromatic N) is 1. The van der Waals surface area contributed by atoms with E-state index in [0.29, 0.717) is 12.5 Å². The third-order valence-corrected chi connectivity index (χ3v) is 5.06. The molecule has 4 nitrogen and oxygen atoms in total. The molecule has 1 aliphatic heterocycles. The van der Waals surface area contributed by atoms with E-state index < -0.39 is 5.41 Å². The lowest BCUT2D eigenvalue weighted by molar-refractivity contribution is -0.206. The maximum absolute atomic E-state index is 11.9. The van der Waals surface area contributed by atoms with Gasteiger partial charge in [0.15, 0.2) is 0 Å². The molecule has 0 aliphatic carbocycles. The highest BCUT2D eigenvalue weighted by molar-refractivity contribution is 9.10. The molecule has 0 saturated carbocycles. The number of benzene rings is 1. The van der Waals surface area contributed by atoms with E-state index in [2.05, 4.69) is 22.0 Å². The molecule has 24 heavy (non-hydrogen) atoms. The fraction of sp³-hybridized carbons (Fsp3) is 0.632. The third-order valence-electron chi connectivity index (χ3n) is 4.28. The molecule has 2 rings (SSSR count). The van der Waals surface area contributed by atoms with Crippen molar-refractivity contribution in [3.05, 3.63) is 34.3 Å². The SMILES string of the molecule is CC(C)(C)C(=O)ON1CCC(CCOCc2ccccc2Br)CC1. The van der Waals surface area contributed by atoms with Crippen molar-refractivity contribution in [2.24, 2.45) is 11.3 Å². The van der Waals surface area contributed by atoms with Crippen LogP contribution < -0.4 is 0 Å². The minimum absolute atomic E-state index is 0.155. The molecule has 1 heterocycles. The van der Waals surface area contributed by atoms with Crippen LogP contribution in [0.15, 0.2) is 28.7 Å². The number of rotatable bonds is 6. The van der Waals surface area contributed by atoms with Gasteiger partial charge in [0.1, 0.15) is 0 Å². The molecule has 1 aromatic rings. The zero-order chi connectivity index (χ0) is 17.6. The molecule has 0 bridgehead atoms. The molecule has 134 valence electrons. The molecule has 1 aliphatic rings. The van der Waals surface area contributed by atoms with E-state index in [4.69, 9.17) is 9.57 Å². The Morgan fingerprint density at radius 1 is 1.25 bits per heavy atom. The van der Waals surface area contributed by atoms with Gasteiger partial charge in [0.2, 0.25) is 0 Å². The molecular weight excluding hydrogens is 370 g/mol. The number of carbonyl (C=O) groups excluding carboxylic acids is 1. The second-order valence-corrected chi connectivity index (χ2v) is 8.29. The van der Waals surface area contributed by atoms with Crippen LogP contribution in [0.25, 0.3) is 0 Å². The van der Waals surface area contributed by atoms with Gasteiger partial charge in [-0.15, -0.1) is 5.06 Å². The standard InChI is InChI=1S/C19H28BrNO3/c1-19(2,3)18(22)24-21-11-8-15(9-12-21)10-13-23-14-16-6-4-5-7-17(16)20/h4-7,15H,8-14H2,1-3H3. The molecule has 0 atom stereocenters. The first-order chi connectivity index (χ1) is 11.4. The first kappa shape index (κ1) is 19.4. The van der Waals surface area contributed by atoms with Gasteiger partial charge in [-0.3, -0.25) is 0 Å². The summed E-state index contributed by atoms with van der Waals surface area (Å²) < 4.78 is 6.91. The lowest BCUT2D eigenvalue weighted by Crippen LogP contribution is -2.39. The Morgan fingerprint density at radius 2 is 1.92 bits per heavy atom. The number of ether oxygens (including phenoxy) is 1. The Kier molecular flexibility index (Phi) is 7.26. The topological polar surface area (TPSA) is 38.8 Å². The second kappa shape index (κ2) is 8.97. The molecule has 0 aromatic heterocycles. The lowest BCUT2D eigenvalue weighted by atomic mass is 9.95. The Morgan fingerprint density at radius 3 is 2.54 bits per heavy atom. The van der Waals surface area contributed by atoms with Gasteiger partial charge < -0.3 is 9.57 Å². The number of hydrogen-bond acceptors (Lipinski definition) is 4. The van der Waals surface area contributed by atoms with E-state index in [0.717, 1.165) is 43.4 Å². The van der Waals surface area contributed by atoms with Crippen LogP contribution in [-0.4, -0.2) is 30.7 Å². The number of halogens is 1. The quantitative estimate of drug-likeness (QED) is 0.658. The summed E-state index contributed by atoms with van der Waals surface area (Å²) in [6.45, 7) is 8.68. The van der Waals surface area contributed by atoms with E-state index in [1.54, 1.807) is 0 Å². The van der Waals surface area contributed by atoms with Crippen molar-refractivity contribution in [3.63, 3.8) is 0 Å². The van der Waals surface area contributed by atoms with Crippen LogP contribution >= 0.6 is 15.9 Å². The predicted octanol–water partition coefficient (Wildman–Crippen LogP) is 4.57. The van der Waals surface area contributed by atoms with Gasteiger partial charge in [-0.05, 0) is 57.6 Å². The highest BCUT2D eigenvalue weighted by Crippen LogP contribution is 2.23. The molecule has 0 unspecified atom stereocenters. The van der Waals surface area contributed by atoms with Gasteiger partial charge in [0, 0.05) is 24.2 Å². The van der Waals surface area contributed by atoms with Crippen LogP contribution in [0.5, 0.6) is 0 Å². The summed E-state index contributed by atoms with van der Waals surface area (Å²) in [5, 5.41) is 1.81. The predicted molar refractivity (Wildman–Crippen MR) is 98.3 cm³/mol. The van der Waals surface area contributed by atoms with E-state index in [1.807, 2.05) is 44.0 Å². The molecule has 0 spiro atoms. The van der Waals surface area contributed by atoms with Gasteiger partial charge >= 0.3 is 5.97 Å². The number of hydrogen-bond donors (Lipinski definition) is 0. The van der Waals surface area contributed by atoms with Crippen molar-refractivity contribution in [2.45, 2.75) is 46.6 Å². The Bertz CT molecular complexity index is 534. The van der Waals surface area contributed by atoms with Crippen LogP contribution in [0.3, 0.4) is 0 Å². The van der Waals surface area contributed by atoms with Crippen molar-refractivity contribution in [1.82, 2.24) is 5.06 Å². The molecule has 1 fully saturated rings. The molecule has 0 radical (unpaired) electrons. The normalized spacial score (nSPS) is 17.0. The minimum Gasteiger partial charge on any atom is -0.377 e. The summed E-state index contributed by atoms with van der Waals surface area (Å²) in [5.74, 6) is 0.492. The van der Waals surface area contributed by atoms with Crippen LogP contribution in [-0.2, 0) is 21.0 Å². The van der Waals surface area contributed by atoms with E-state index in [9.17, 15) is 4.79 Å². The fourth-order valence-electron chi connectivity index (χ4n) is 2.59. The number of hydroxylamine groups is 2. The molecular formula is C19H28BrNO3.